The van der Waals surface area contributed by atoms with Crippen LogP contribution in [0.4, 0.5) is 18.0 Å². The molecule has 19 N–H and O–H groups in total. The summed E-state index contributed by atoms with van der Waals surface area (Å²) in [5, 5.41) is 95.2. The van der Waals surface area contributed by atoms with Crippen LogP contribution in [0.1, 0.15) is 106 Å². The largest absolute Gasteiger partial charge is 0.490 e. The Kier molecular flexibility index (Phi) is 48.5. The van der Waals surface area contributed by atoms with Crippen LogP contribution in [0.15, 0.2) is 85.1 Å². The highest BCUT2D eigenvalue weighted by Crippen LogP contribution is 2.30. The van der Waals surface area contributed by atoms with Gasteiger partial charge in [0, 0.05) is 147 Å². The van der Waals surface area contributed by atoms with E-state index >= 15 is 14.4 Å². The van der Waals surface area contributed by atoms with Gasteiger partial charge in [-0.15, -0.1) is 0 Å². The molecule has 4 saturated heterocycles. The zero-order chi connectivity index (χ0) is 106. The monoisotopic (exact) mass is 2040 g/mol. The minimum Gasteiger partial charge on any atom is -0.481 e. The van der Waals surface area contributed by atoms with Crippen molar-refractivity contribution >= 4 is 130 Å². The molecule has 4 aliphatic heterocycles. The van der Waals surface area contributed by atoms with E-state index in [1.165, 1.54) is 26.6 Å². The summed E-state index contributed by atoms with van der Waals surface area (Å²) in [5.74, 6) is -20.6. The minimum atomic E-state index is -5.08. The summed E-state index contributed by atoms with van der Waals surface area (Å²) in [5.41, 5.74) is 1.39. The van der Waals surface area contributed by atoms with E-state index in [-0.39, 0.29) is 201 Å². The van der Waals surface area contributed by atoms with E-state index in [0.717, 1.165) is 9.80 Å². The number of ether oxygens (including phenoxy) is 3. The number of H-pyrrole nitrogens is 1. The molecule has 49 nitrogen and oxygen atoms in total. The number of hydrogen-bond acceptors (Lipinski definition) is 27. The third kappa shape index (κ3) is 41.1. The van der Waals surface area contributed by atoms with Crippen LogP contribution in [0.2, 0.25) is 0 Å². The molecule has 1 aromatic heterocycles. The average Bonchev–Trinajstić information content (AvgIpc) is 1.43. The van der Waals surface area contributed by atoms with E-state index in [9.17, 15) is 121 Å². The average molecular weight is 2040 g/mol. The summed E-state index contributed by atoms with van der Waals surface area (Å²) >= 11 is 0. The standard InChI is InChI=1S/C90H127N19O28.C2HF3O2/c1-3-36-135-37-25-65-84(129)100-67(43-61-46-93-63-17-8-7-16-62(61)63)82(127)96-48-73(112)98-64(18-10-12-27-92-89(134)107-34-32-104(33-35-107)50-77(117)118)83(128)102-68(44-76(115)116)88(133)109-29-13-19-69(109)86(131)97-47-72(111)95-49-75(114)103(2)70(42-58-14-5-4-6-15-58)87(132)101-66(85(130)99-65)41-59-21-23-60(24-22-59)45-94-74(113)55-137-40-39-136-38-28-91-71(110)20-9-11-26-90(108(53-80(123)124)54-81(125)126)56-105(51-78(119)120)30-31-106(57-90)52-79(121)122;3-2(4,5)1(6)7/h4-8,14-17,21-24,46,64-70,93H,3,9-13,18-20,25-45,47-57H2,1-2H3,(H,91,110)(H,92,134)(H,94,113)(H,95,111)(H,96,127)(H,97,131)(H,98,112)(H,99,130)(H,100,129)(H,101,132)(H,102,128)(H,115,116)(H,117,118)(H,119,120)(H,121,122)(H,123,124)(H,125,126);(H,6,7)/t64-,65-,66-,67-,68-,69+,70-;/m0./s1. The van der Waals surface area contributed by atoms with Gasteiger partial charge in [0.2, 0.25) is 70.9 Å². The van der Waals surface area contributed by atoms with Crippen molar-refractivity contribution in [1.29, 1.82) is 0 Å². The number of nitrogens with one attached hydrogen (secondary N) is 12. The molecule has 4 aliphatic rings. The number of aromatic amines is 1. The number of likely N-dealkylation sites (N-methyl/N-ethyl adjacent to an activating group) is 1. The molecule has 14 amide bonds. The fourth-order valence-corrected chi connectivity index (χ4v) is 16.5. The van der Waals surface area contributed by atoms with Gasteiger partial charge in [-0.05, 0) is 86.1 Å². The van der Waals surface area contributed by atoms with Crippen LogP contribution in [0, 0.1) is 0 Å². The zero-order valence-corrected chi connectivity index (χ0v) is 79.9. The minimum absolute atomic E-state index is 0.00551. The van der Waals surface area contributed by atoms with Gasteiger partial charge in [-0.3, -0.25) is 106 Å². The number of aromatic nitrogens is 1. The van der Waals surface area contributed by atoms with Crippen molar-refractivity contribution in [2.75, 3.05) is 171 Å². The second kappa shape index (κ2) is 59.7. The van der Waals surface area contributed by atoms with Crippen molar-refractivity contribution < 1.29 is 159 Å². The van der Waals surface area contributed by atoms with Gasteiger partial charge in [0.05, 0.1) is 78.6 Å². The van der Waals surface area contributed by atoms with Gasteiger partial charge in [-0.1, -0.05) is 86.1 Å². The number of carboxylic acid groups (broad SMARTS) is 7. The van der Waals surface area contributed by atoms with Gasteiger partial charge in [0.15, 0.2) is 0 Å². The number of urea groups is 1. The number of unbranched alkanes of at least 4 members (excludes halogenated alkanes) is 2. The van der Waals surface area contributed by atoms with Gasteiger partial charge in [-0.25, -0.2) is 9.59 Å². The fourth-order valence-electron chi connectivity index (χ4n) is 16.5. The lowest BCUT2D eigenvalue weighted by Gasteiger charge is -2.45. The molecule has 5 heterocycles. The van der Waals surface area contributed by atoms with E-state index in [2.05, 4.69) is 63.5 Å². The summed E-state index contributed by atoms with van der Waals surface area (Å²) in [4.78, 5) is 278. The lowest BCUT2D eigenvalue weighted by Crippen LogP contribution is -2.62. The molecule has 0 bridgehead atoms. The van der Waals surface area contributed by atoms with Crippen LogP contribution < -0.4 is 58.5 Å². The number of alkyl halides is 3. The Balaban J connectivity index is 0.00000387. The Morgan fingerprint density at radius 2 is 1.05 bits per heavy atom. The Morgan fingerprint density at radius 3 is 1.68 bits per heavy atom. The maximum atomic E-state index is 15.4. The van der Waals surface area contributed by atoms with E-state index in [1.807, 2.05) is 6.92 Å². The fraction of sp³-hybridized carbons (Fsp3) is 0.565. The first kappa shape index (κ1) is 117. The molecule has 0 aliphatic carbocycles. The molecule has 144 heavy (non-hydrogen) atoms. The first-order chi connectivity index (χ1) is 68.5. The number of para-hydroxylation sites is 1. The normalized spacial score (nSPS) is 20.0. The second-order valence-electron chi connectivity index (χ2n) is 34.8. The quantitative estimate of drug-likeness (QED) is 0.0192. The number of amides is 14. The molecule has 0 saturated carbocycles. The topological polar surface area (TPSA) is 682 Å². The molecule has 8 rings (SSSR count). The van der Waals surface area contributed by atoms with Gasteiger partial charge in [-0.2, -0.15) is 13.2 Å². The molecule has 4 fully saturated rings. The molecule has 792 valence electrons. The number of benzene rings is 3. The Hall–Kier alpha value is -14.1. The number of carbonyl (C=O) groups is 20. The predicted octanol–water partition coefficient (Wildman–Crippen LogP) is -3.37. The Morgan fingerprint density at radius 1 is 0.493 bits per heavy atom. The summed E-state index contributed by atoms with van der Waals surface area (Å²) in [6.45, 7) is -2.19. The number of nitrogens with zero attached hydrogens (tertiary/aromatic N) is 7. The Bertz CT molecular complexity index is 5010. The zero-order valence-electron chi connectivity index (χ0n) is 79.9. The van der Waals surface area contributed by atoms with Crippen LogP contribution in [-0.2, 0) is 131 Å². The number of fused-ring (bicyclic) bond motifs is 2. The maximum absolute atomic E-state index is 15.4. The second-order valence-corrected chi connectivity index (χ2v) is 34.8. The number of piperazine rings is 1. The lowest BCUT2D eigenvalue weighted by atomic mass is 9.88. The van der Waals surface area contributed by atoms with Gasteiger partial charge < -0.3 is 128 Å². The van der Waals surface area contributed by atoms with E-state index in [0.29, 0.717) is 52.7 Å². The molecule has 4 aromatic rings. The van der Waals surface area contributed by atoms with Crippen molar-refractivity contribution in [3.8, 4) is 0 Å². The smallest absolute Gasteiger partial charge is 0.481 e. The molecule has 3 aromatic carbocycles. The van der Waals surface area contributed by atoms with E-state index in [4.69, 9.17) is 24.1 Å². The van der Waals surface area contributed by atoms with Crippen molar-refractivity contribution in [3.05, 3.63) is 107 Å². The Labute approximate surface area is 825 Å². The molecule has 7 atom stereocenters. The molecular weight excluding hydrogens is 1910 g/mol. The van der Waals surface area contributed by atoms with Gasteiger partial charge in [0.1, 0.15) is 48.9 Å². The molecule has 52 heteroatoms. The van der Waals surface area contributed by atoms with E-state index < -0.39 is 219 Å². The molecule has 0 radical (unpaired) electrons. The number of aliphatic carboxylic acids is 7. The highest BCUT2D eigenvalue weighted by atomic mass is 19.4. The number of rotatable bonds is 44. The molecule has 0 unspecified atom stereocenters. The van der Waals surface area contributed by atoms with Gasteiger partial charge >= 0.3 is 54.0 Å². The predicted molar refractivity (Wildman–Crippen MR) is 500 cm³/mol. The number of carboxylic acids is 7. The first-order valence-corrected chi connectivity index (χ1v) is 46.9. The third-order valence-electron chi connectivity index (χ3n) is 23.8. The van der Waals surface area contributed by atoms with Crippen molar-refractivity contribution in [2.45, 2.75) is 164 Å². The summed E-state index contributed by atoms with van der Waals surface area (Å²) < 4.78 is 48.7. The SMILES string of the molecule is CCCOCC[C@@H]1NC(=O)[C@H](Cc2ccc(CNC(=O)COCCOCCNC(=O)CCCCC3(N(CC(=O)O)CC(=O)O)CN(CC(=O)O)CCN(CC(=O)O)C3)cc2)NC(=O)[C@H](Cc2ccccc2)N(C)C(=O)CNC(=O)CNC(=O)[C@H]2CCCN2C(=O)[C@H](CC(=O)O)NC(=O)[C@H](CCCCNC(=O)N2CCN(CC(=O)O)CC2)NC(=O)CNC(=O)[C@H](Cc2c[nH]c3ccccc23)NC1=O.O=C(O)C(F)(F)F. The third-order valence-corrected chi connectivity index (χ3v) is 23.8. The number of hydrogen-bond donors (Lipinski definition) is 19. The highest BCUT2D eigenvalue weighted by molar-refractivity contribution is 6.00. The first-order valence-electron chi connectivity index (χ1n) is 46.9. The van der Waals surface area contributed by atoms with Crippen LogP contribution in [0.3, 0.4) is 0 Å². The van der Waals surface area contributed by atoms with Gasteiger partial charge in [0.25, 0.3) is 0 Å². The van der Waals surface area contributed by atoms with Crippen LogP contribution >= 0.6 is 0 Å². The maximum Gasteiger partial charge on any atom is 0.490 e. The van der Waals surface area contributed by atoms with Crippen LogP contribution in [-0.4, -0.2) is 419 Å². The molecular formula is C92H128F3N19O30. The summed E-state index contributed by atoms with van der Waals surface area (Å²) in [6.07, 6.45) is -3.92. The van der Waals surface area contributed by atoms with Crippen molar-refractivity contribution in [3.63, 3.8) is 0 Å². The number of halogens is 3. The number of carbonyl (C=O) groups excluding carboxylic acids is 13. The summed E-state index contributed by atoms with van der Waals surface area (Å²) in [6, 6.07) is 10.8. The summed E-state index contributed by atoms with van der Waals surface area (Å²) in [7, 11) is 1.29. The van der Waals surface area contributed by atoms with Crippen molar-refractivity contribution in [2.24, 2.45) is 0 Å². The molecule has 0 spiro atoms. The van der Waals surface area contributed by atoms with E-state index in [1.54, 1.807) is 90.0 Å². The van der Waals surface area contributed by atoms with Crippen molar-refractivity contribution in [1.82, 2.24) is 97.8 Å². The van der Waals surface area contributed by atoms with Crippen LogP contribution in [0.5, 0.6) is 0 Å². The van der Waals surface area contributed by atoms with Crippen LogP contribution in [0.25, 0.3) is 10.9 Å². The lowest BCUT2D eigenvalue weighted by molar-refractivity contribution is -0.192. The highest BCUT2D eigenvalue weighted by Gasteiger charge is 2.46.